The van der Waals surface area contributed by atoms with Gasteiger partial charge in [-0.1, -0.05) is 32.0 Å². The van der Waals surface area contributed by atoms with Crippen molar-refractivity contribution in [2.75, 3.05) is 26.9 Å². The Morgan fingerprint density at radius 3 is 2.67 bits per heavy atom. The average Bonchev–Trinajstić information content (AvgIpc) is 3.29. The number of hydrogen-bond acceptors (Lipinski definition) is 3. The third-order valence-electron chi connectivity index (χ3n) is 3.92. The maximum absolute atomic E-state index is 5.92. The zero-order valence-corrected chi connectivity index (χ0v) is 13.6. The van der Waals surface area contributed by atoms with Crippen LogP contribution in [0, 0.1) is 11.8 Å². The molecule has 1 aliphatic rings. The van der Waals surface area contributed by atoms with Gasteiger partial charge in [0.25, 0.3) is 0 Å². The molecule has 1 aromatic rings. The maximum atomic E-state index is 5.92. The average molecular weight is 291 g/mol. The van der Waals surface area contributed by atoms with Crippen molar-refractivity contribution in [2.24, 2.45) is 11.8 Å². The fraction of sp³-hybridized carbons (Fsp3) is 0.667. The largest absolute Gasteiger partial charge is 0.496 e. The summed E-state index contributed by atoms with van der Waals surface area (Å²) in [5.41, 5.74) is 1.27. The number of rotatable bonds is 10. The molecule has 1 saturated carbocycles. The molecule has 1 aromatic carbocycles. The smallest absolute Gasteiger partial charge is 0.122 e. The Bertz CT molecular complexity index is 415. The molecular weight excluding hydrogens is 262 g/mol. The number of methoxy groups -OCH3 is 1. The molecule has 0 radical (unpaired) electrons. The second-order valence-corrected chi connectivity index (χ2v) is 6.43. The minimum absolute atomic E-state index is 0.488. The molecule has 1 atom stereocenters. The van der Waals surface area contributed by atoms with Crippen LogP contribution in [0.2, 0.25) is 0 Å². The van der Waals surface area contributed by atoms with Crippen molar-refractivity contribution in [3.63, 3.8) is 0 Å². The summed E-state index contributed by atoms with van der Waals surface area (Å²) in [6.07, 6.45) is 3.69. The van der Waals surface area contributed by atoms with Gasteiger partial charge in [-0.2, -0.15) is 0 Å². The van der Waals surface area contributed by atoms with Crippen LogP contribution in [-0.2, 0) is 11.2 Å². The van der Waals surface area contributed by atoms with Gasteiger partial charge >= 0.3 is 0 Å². The van der Waals surface area contributed by atoms with Crippen LogP contribution in [0.1, 0.15) is 32.3 Å². The molecule has 3 nitrogen and oxygen atoms in total. The van der Waals surface area contributed by atoms with E-state index < -0.39 is 0 Å². The first kappa shape index (κ1) is 16.3. The number of ether oxygens (including phenoxy) is 2. The molecule has 1 N–H and O–H groups in total. The van der Waals surface area contributed by atoms with E-state index in [2.05, 4.69) is 31.3 Å². The predicted octanol–water partition coefficient (Wildman–Crippen LogP) is 3.28. The van der Waals surface area contributed by atoms with Gasteiger partial charge in [0.15, 0.2) is 0 Å². The standard InChI is InChI=1S/C18H29NO2/c1-14(2)19-11-16(13-21-12-15-8-9-15)10-17-6-4-5-7-18(17)20-3/h4-7,14-16,19H,8-13H2,1-3H3. The van der Waals surface area contributed by atoms with Crippen molar-refractivity contribution < 1.29 is 9.47 Å². The molecule has 118 valence electrons. The number of hydrogen-bond donors (Lipinski definition) is 1. The molecule has 0 bridgehead atoms. The van der Waals surface area contributed by atoms with Crippen LogP contribution in [-0.4, -0.2) is 32.9 Å². The highest BCUT2D eigenvalue weighted by atomic mass is 16.5. The van der Waals surface area contributed by atoms with Crippen molar-refractivity contribution >= 4 is 0 Å². The molecule has 1 fully saturated rings. The van der Waals surface area contributed by atoms with Crippen molar-refractivity contribution in [1.82, 2.24) is 5.32 Å². The first-order valence-electron chi connectivity index (χ1n) is 8.12. The molecule has 1 unspecified atom stereocenters. The highest BCUT2D eigenvalue weighted by molar-refractivity contribution is 5.33. The number of nitrogens with one attached hydrogen (secondary N) is 1. The zero-order chi connectivity index (χ0) is 15.1. The van der Waals surface area contributed by atoms with E-state index in [0.717, 1.165) is 37.8 Å². The monoisotopic (exact) mass is 291 g/mol. The Balaban J connectivity index is 1.88. The van der Waals surface area contributed by atoms with Crippen molar-refractivity contribution in [3.8, 4) is 5.75 Å². The summed E-state index contributed by atoms with van der Waals surface area (Å²) >= 11 is 0. The quantitative estimate of drug-likeness (QED) is 0.717. The van der Waals surface area contributed by atoms with E-state index in [4.69, 9.17) is 9.47 Å². The topological polar surface area (TPSA) is 30.5 Å². The number of para-hydroxylation sites is 1. The van der Waals surface area contributed by atoms with Gasteiger partial charge in [-0.05, 0) is 42.7 Å². The lowest BCUT2D eigenvalue weighted by Crippen LogP contribution is -2.32. The Kier molecular flexibility index (Phi) is 6.52. The van der Waals surface area contributed by atoms with Crippen LogP contribution in [0.4, 0.5) is 0 Å². The van der Waals surface area contributed by atoms with Gasteiger partial charge in [0, 0.05) is 19.2 Å². The Morgan fingerprint density at radius 1 is 1.24 bits per heavy atom. The summed E-state index contributed by atoms with van der Waals surface area (Å²) in [7, 11) is 1.74. The minimum Gasteiger partial charge on any atom is -0.496 e. The molecule has 0 saturated heterocycles. The van der Waals surface area contributed by atoms with Crippen LogP contribution >= 0.6 is 0 Å². The maximum Gasteiger partial charge on any atom is 0.122 e. The minimum atomic E-state index is 0.488. The van der Waals surface area contributed by atoms with Crippen molar-refractivity contribution in [1.29, 1.82) is 0 Å². The van der Waals surface area contributed by atoms with Crippen LogP contribution < -0.4 is 10.1 Å². The summed E-state index contributed by atoms with van der Waals surface area (Å²) < 4.78 is 11.4. The normalized spacial score (nSPS) is 16.2. The van der Waals surface area contributed by atoms with Crippen molar-refractivity contribution in [3.05, 3.63) is 29.8 Å². The fourth-order valence-corrected chi connectivity index (χ4v) is 2.46. The van der Waals surface area contributed by atoms with Crippen molar-refractivity contribution in [2.45, 2.75) is 39.2 Å². The summed E-state index contributed by atoms with van der Waals surface area (Å²) in [6.45, 7) is 7.12. The Morgan fingerprint density at radius 2 is 2.00 bits per heavy atom. The molecule has 0 amide bonds. The molecule has 21 heavy (non-hydrogen) atoms. The van der Waals surface area contributed by atoms with Crippen LogP contribution in [0.5, 0.6) is 5.75 Å². The molecule has 3 heteroatoms. The molecule has 0 aliphatic heterocycles. The zero-order valence-electron chi connectivity index (χ0n) is 13.6. The summed E-state index contributed by atoms with van der Waals surface area (Å²) in [5.74, 6) is 2.30. The fourth-order valence-electron chi connectivity index (χ4n) is 2.46. The van der Waals surface area contributed by atoms with Gasteiger partial charge in [-0.3, -0.25) is 0 Å². The first-order valence-corrected chi connectivity index (χ1v) is 8.12. The SMILES string of the molecule is COc1ccccc1CC(CNC(C)C)COCC1CC1. The second kappa shape index (κ2) is 8.40. The molecule has 0 heterocycles. The lowest BCUT2D eigenvalue weighted by atomic mass is 9.99. The van der Waals surface area contributed by atoms with Gasteiger partial charge < -0.3 is 14.8 Å². The van der Waals surface area contributed by atoms with Gasteiger partial charge in [0.05, 0.1) is 13.7 Å². The van der Waals surface area contributed by atoms with E-state index in [1.54, 1.807) is 7.11 Å². The molecule has 2 rings (SSSR count). The lowest BCUT2D eigenvalue weighted by Gasteiger charge is -2.20. The van der Waals surface area contributed by atoms with E-state index in [-0.39, 0.29) is 0 Å². The van der Waals surface area contributed by atoms with E-state index in [1.165, 1.54) is 18.4 Å². The van der Waals surface area contributed by atoms with E-state index in [9.17, 15) is 0 Å². The second-order valence-electron chi connectivity index (χ2n) is 6.43. The van der Waals surface area contributed by atoms with Gasteiger partial charge in [0.2, 0.25) is 0 Å². The van der Waals surface area contributed by atoms with Gasteiger partial charge in [-0.25, -0.2) is 0 Å². The molecule has 1 aliphatic carbocycles. The summed E-state index contributed by atoms with van der Waals surface area (Å²) in [5, 5.41) is 3.54. The van der Waals surface area contributed by atoms with Crippen LogP contribution in [0.3, 0.4) is 0 Å². The Hall–Kier alpha value is -1.06. The van der Waals surface area contributed by atoms with Crippen LogP contribution in [0.25, 0.3) is 0 Å². The third kappa shape index (κ3) is 6.06. The molecule has 0 spiro atoms. The molecular formula is C18H29NO2. The van der Waals surface area contributed by atoms with Gasteiger partial charge in [0.1, 0.15) is 5.75 Å². The van der Waals surface area contributed by atoms with E-state index >= 15 is 0 Å². The third-order valence-corrected chi connectivity index (χ3v) is 3.92. The first-order chi connectivity index (χ1) is 10.2. The van der Waals surface area contributed by atoms with E-state index in [0.29, 0.717) is 12.0 Å². The Labute approximate surface area is 129 Å². The van der Waals surface area contributed by atoms with Crippen LogP contribution in [0.15, 0.2) is 24.3 Å². The van der Waals surface area contributed by atoms with Gasteiger partial charge in [-0.15, -0.1) is 0 Å². The van der Waals surface area contributed by atoms with E-state index in [1.807, 2.05) is 12.1 Å². The summed E-state index contributed by atoms with van der Waals surface area (Å²) in [4.78, 5) is 0. The highest BCUT2D eigenvalue weighted by Gasteiger charge is 2.22. The number of benzene rings is 1. The molecule has 0 aromatic heterocycles. The predicted molar refractivity (Wildman–Crippen MR) is 86.9 cm³/mol. The summed E-state index contributed by atoms with van der Waals surface area (Å²) in [6, 6.07) is 8.80. The lowest BCUT2D eigenvalue weighted by molar-refractivity contribution is 0.0899. The highest BCUT2D eigenvalue weighted by Crippen LogP contribution is 2.29.